The van der Waals surface area contributed by atoms with Crippen molar-refractivity contribution < 1.29 is 4.74 Å². The Kier molecular flexibility index (Phi) is 5.37. The van der Waals surface area contributed by atoms with Gasteiger partial charge in [0.1, 0.15) is 11.4 Å². The number of nitriles is 1. The van der Waals surface area contributed by atoms with Gasteiger partial charge in [-0.15, -0.1) is 5.10 Å². The van der Waals surface area contributed by atoms with Crippen molar-refractivity contribution in [2.75, 3.05) is 7.11 Å². The third-order valence-electron chi connectivity index (χ3n) is 4.79. The molecule has 0 spiro atoms. The van der Waals surface area contributed by atoms with Gasteiger partial charge in [0.05, 0.1) is 29.5 Å². The molecule has 0 bridgehead atoms. The molecule has 2 aromatic heterocycles. The number of aryl methyl sites for hydroxylation is 2. The van der Waals surface area contributed by atoms with Crippen LogP contribution in [0.4, 0.5) is 0 Å². The molecule has 0 radical (unpaired) electrons. The largest absolute Gasteiger partial charge is 0.495 e. The highest BCUT2D eigenvalue weighted by Crippen LogP contribution is 2.29. The lowest BCUT2D eigenvalue weighted by atomic mass is 9.99. The fourth-order valence-electron chi connectivity index (χ4n) is 3.31. The van der Waals surface area contributed by atoms with E-state index in [1.165, 1.54) is 0 Å². The predicted molar refractivity (Wildman–Crippen MR) is 113 cm³/mol. The van der Waals surface area contributed by atoms with Gasteiger partial charge < -0.3 is 4.74 Å². The fourth-order valence-corrected chi connectivity index (χ4v) is 3.59. The summed E-state index contributed by atoms with van der Waals surface area (Å²) < 4.78 is 5.21. The molecular weight excluding hydrogens is 384 g/mol. The van der Waals surface area contributed by atoms with Crippen LogP contribution in [0, 0.1) is 11.3 Å². The van der Waals surface area contributed by atoms with Crippen LogP contribution in [0.3, 0.4) is 0 Å². The van der Waals surface area contributed by atoms with Crippen molar-refractivity contribution in [1.82, 2.24) is 15.2 Å². The number of benzene rings is 2. The molecule has 0 aliphatic carbocycles. The lowest BCUT2D eigenvalue weighted by Crippen LogP contribution is -2.01. The molecular formula is C23H17ClN4O. The molecule has 0 unspecified atom stereocenters. The maximum Gasteiger partial charge on any atom is 0.137 e. The van der Waals surface area contributed by atoms with E-state index < -0.39 is 0 Å². The minimum atomic E-state index is 0.583. The Balaban J connectivity index is 1.73. The molecule has 4 aromatic rings. The number of rotatable bonds is 5. The van der Waals surface area contributed by atoms with Gasteiger partial charge in [-0.05, 0) is 54.8 Å². The van der Waals surface area contributed by atoms with E-state index in [4.69, 9.17) is 16.3 Å². The number of pyridine rings is 1. The minimum Gasteiger partial charge on any atom is -0.495 e. The summed E-state index contributed by atoms with van der Waals surface area (Å²) in [6.07, 6.45) is 4.91. The van der Waals surface area contributed by atoms with Crippen molar-refractivity contribution >= 4 is 22.4 Å². The first-order valence-electron chi connectivity index (χ1n) is 9.12. The molecule has 5 nitrogen and oxygen atoms in total. The highest BCUT2D eigenvalue weighted by Gasteiger charge is 2.13. The maximum absolute atomic E-state index is 9.34. The van der Waals surface area contributed by atoms with Gasteiger partial charge in [0.15, 0.2) is 0 Å². The van der Waals surface area contributed by atoms with Crippen LogP contribution in [0.2, 0.25) is 5.02 Å². The Morgan fingerprint density at radius 1 is 1.03 bits per heavy atom. The lowest BCUT2D eigenvalue weighted by molar-refractivity contribution is 0.415. The van der Waals surface area contributed by atoms with Crippen LogP contribution in [-0.4, -0.2) is 22.3 Å². The van der Waals surface area contributed by atoms with Gasteiger partial charge in [0, 0.05) is 28.7 Å². The molecule has 2 heterocycles. The van der Waals surface area contributed by atoms with Crippen LogP contribution in [-0.2, 0) is 12.8 Å². The van der Waals surface area contributed by atoms with E-state index in [0.717, 1.165) is 39.7 Å². The Labute approximate surface area is 173 Å². The Hall–Kier alpha value is -3.49. The van der Waals surface area contributed by atoms with Crippen LogP contribution in [0.25, 0.3) is 22.0 Å². The molecule has 0 N–H and O–H groups in total. The molecule has 4 rings (SSSR count). The quantitative estimate of drug-likeness (QED) is 0.470. The summed E-state index contributed by atoms with van der Waals surface area (Å²) in [5.41, 5.74) is 4.17. The topological polar surface area (TPSA) is 71.7 Å². The number of hydrogen-bond donors (Lipinski definition) is 0. The van der Waals surface area contributed by atoms with Crippen LogP contribution in [0.1, 0.15) is 16.8 Å². The van der Waals surface area contributed by atoms with Gasteiger partial charge >= 0.3 is 0 Å². The Bertz CT molecular complexity index is 1220. The first-order valence-corrected chi connectivity index (χ1v) is 9.49. The fraction of sp³-hybridized carbons (Fsp3) is 0.130. The van der Waals surface area contributed by atoms with E-state index in [9.17, 15) is 5.26 Å². The summed E-state index contributed by atoms with van der Waals surface area (Å²) in [5, 5.41) is 20.8. The first-order chi connectivity index (χ1) is 14.2. The number of halogens is 1. The van der Waals surface area contributed by atoms with Crippen molar-refractivity contribution in [3.63, 3.8) is 0 Å². The highest BCUT2D eigenvalue weighted by atomic mass is 35.5. The zero-order valence-corrected chi connectivity index (χ0v) is 16.5. The second kappa shape index (κ2) is 8.26. The Morgan fingerprint density at radius 3 is 2.66 bits per heavy atom. The second-order valence-corrected chi connectivity index (χ2v) is 6.99. The zero-order valence-electron chi connectivity index (χ0n) is 15.8. The number of fused-ring (bicyclic) bond motifs is 1. The van der Waals surface area contributed by atoms with Gasteiger partial charge in [0.25, 0.3) is 0 Å². The number of aromatic nitrogens is 3. The maximum atomic E-state index is 9.34. The lowest BCUT2D eigenvalue weighted by Gasteiger charge is -2.10. The van der Waals surface area contributed by atoms with Crippen molar-refractivity contribution in [3.05, 3.63) is 82.8 Å². The van der Waals surface area contributed by atoms with Gasteiger partial charge in [0.2, 0.25) is 0 Å². The van der Waals surface area contributed by atoms with Crippen molar-refractivity contribution in [2.45, 2.75) is 12.8 Å². The van der Waals surface area contributed by atoms with E-state index in [2.05, 4.69) is 21.3 Å². The number of ether oxygens (including phenoxy) is 1. The van der Waals surface area contributed by atoms with Crippen molar-refractivity contribution in [1.29, 1.82) is 5.26 Å². The normalized spacial score (nSPS) is 10.7. The third kappa shape index (κ3) is 3.89. The van der Waals surface area contributed by atoms with Crippen LogP contribution in [0.15, 0.2) is 60.9 Å². The number of methoxy groups -OCH3 is 1. The first kappa shape index (κ1) is 18.9. The van der Waals surface area contributed by atoms with Gasteiger partial charge in [-0.3, -0.25) is 4.98 Å². The zero-order chi connectivity index (χ0) is 20.2. The predicted octanol–water partition coefficient (Wildman–Crippen LogP) is 5.01. The summed E-state index contributed by atoms with van der Waals surface area (Å²) in [6, 6.07) is 17.4. The highest BCUT2D eigenvalue weighted by molar-refractivity contribution is 6.32. The smallest absolute Gasteiger partial charge is 0.137 e. The van der Waals surface area contributed by atoms with Gasteiger partial charge in [-0.2, -0.15) is 10.4 Å². The molecule has 0 amide bonds. The van der Waals surface area contributed by atoms with Crippen molar-refractivity contribution in [2.24, 2.45) is 0 Å². The summed E-state index contributed by atoms with van der Waals surface area (Å²) in [4.78, 5) is 4.18. The standard InChI is InChI=1S/C23H17ClN4O/c1-29-22-9-6-15(12-20(22)24)5-8-21-19-11-16(13-25)4-7-18(19)23(28-27-21)17-3-2-10-26-14-17/h2-4,6-7,9-12,14H,5,8H2,1H3. The van der Waals surface area contributed by atoms with Crippen LogP contribution in [0.5, 0.6) is 5.75 Å². The molecule has 29 heavy (non-hydrogen) atoms. The van der Waals surface area contributed by atoms with E-state index >= 15 is 0 Å². The summed E-state index contributed by atoms with van der Waals surface area (Å²) in [6.45, 7) is 0. The average molecular weight is 401 g/mol. The summed E-state index contributed by atoms with van der Waals surface area (Å²) >= 11 is 6.24. The molecule has 0 saturated heterocycles. The van der Waals surface area contributed by atoms with Gasteiger partial charge in [-0.25, -0.2) is 0 Å². The molecule has 0 aliphatic rings. The number of nitrogens with zero attached hydrogens (tertiary/aromatic N) is 4. The van der Waals surface area contributed by atoms with E-state index in [1.807, 2.05) is 42.5 Å². The molecule has 0 saturated carbocycles. The summed E-state index contributed by atoms with van der Waals surface area (Å²) in [5.74, 6) is 0.653. The van der Waals surface area contributed by atoms with Crippen molar-refractivity contribution in [3.8, 4) is 23.1 Å². The monoisotopic (exact) mass is 400 g/mol. The summed E-state index contributed by atoms with van der Waals surface area (Å²) in [7, 11) is 1.60. The molecule has 6 heteroatoms. The third-order valence-corrected chi connectivity index (χ3v) is 5.08. The van der Waals surface area contributed by atoms with Gasteiger partial charge in [-0.1, -0.05) is 23.7 Å². The molecule has 0 fully saturated rings. The van der Waals surface area contributed by atoms with E-state index in [1.54, 1.807) is 25.6 Å². The minimum absolute atomic E-state index is 0.583. The molecule has 0 aliphatic heterocycles. The molecule has 142 valence electrons. The SMILES string of the molecule is COc1ccc(CCc2nnc(-c3cccnc3)c3ccc(C#N)cc23)cc1Cl. The molecule has 2 aromatic carbocycles. The van der Waals surface area contributed by atoms with Crippen LogP contribution >= 0.6 is 11.6 Å². The Morgan fingerprint density at radius 2 is 1.93 bits per heavy atom. The second-order valence-electron chi connectivity index (χ2n) is 6.58. The number of hydrogen-bond acceptors (Lipinski definition) is 5. The van der Waals surface area contributed by atoms with Crippen LogP contribution < -0.4 is 4.74 Å². The van der Waals surface area contributed by atoms with E-state index in [-0.39, 0.29) is 0 Å². The molecule has 0 atom stereocenters. The average Bonchev–Trinajstić information content (AvgIpc) is 2.77. The van der Waals surface area contributed by atoms with E-state index in [0.29, 0.717) is 22.8 Å².